The van der Waals surface area contributed by atoms with Crippen LogP contribution in [0, 0.1) is 12.1 Å². The first-order valence-electron chi connectivity index (χ1n) is 19.2. The molecular weight excluding hydrogens is 675 g/mol. The zero-order chi connectivity index (χ0) is 37.3. The van der Waals surface area contributed by atoms with Gasteiger partial charge in [0.15, 0.2) is 0 Å². The molecule has 262 valence electrons. The highest BCUT2D eigenvalue weighted by atomic mass is 15.1. The van der Waals surface area contributed by atoms with Gasteiger partial charge < -0.3 is 4.90 Å². The molecule has 0 N–H and O–H groups in total. The van der Waals surface area contributed by atoms with Gasteiger partial charge in [-0.1, -0.05) is 188 Å². The van der Waals surface area contributed by atoms with Gasteiger partial charge >= 0.3 is 0 Å². The highest BCUT2D eigenvalue weighted by Crippen LogP contribution is 2.57. The van der Waals surface area contributed by atoms with Crippen LogP contribution < -0.4 is 4.90 Å². The summed E-state index contributed by atoms with van der Waals surface area (Å²) in [6.45, 7) is 0. The van der Waals surface area contributed by atoms with Crippen LogP contribution in [0.15, 0.2) is 224 Å². The van der Waals surface area contributed by atoms with Crippen molar-refractivity contribution in [3.8, 4) is 44.5 Å². The minimum atomic E-state index is -0.575. The number of anilines is 3. The zero-order valence-electron chi connectivity index (χ0n) is 30.8. The Morgan fingerprint density at radius 3 is 1.45 bits per heavy atom. The van der Waals surface area contributed by atoms with Crippen molar-refractivity contribution in [2.24, 2.45) is 0 Å². The highest BCUT2D eigenvalue weighted by Gasteiger charge is 2.46. The average Bonchev–Trinajstić information content (AvgIpc) is 3.58. The number of benzene rings is 8. The summed E-state index contributed by atoms with van der Waals surface area (Å²) in [4.78, 5) is 2.39. The topological polar surface area (TPSA) is 3.24 Å². The van der Waals surface area contributed by atoms with E-state index >= 15 is 0 Å². The Labute approximate surface area is 329 Å². The molecule has 1 aliphatic rings. The first-order chi connectivity index (χ1) is 27.8. The number of hydrogen-bond acceptors (Lipinski definition) is 1. The van der Waals surface area contributed by atoms with Crippen LogP contribution in [0.4, 0.5) is 17.1 Å². The molecular formula is C55H37N. The maximum absolute atomic E-state index is 3.56. The van der Waals surface area contributed by atoms with Gasteiger partial charge in [-0.15, -0.1) is 0 Å². The van der Waals surface area contributed by atoms with Gasteiger partial charge in [0.25, 0.3) is 0 Å². The maximum Gasteiger partial charge on any atom is 0.0793 e. The molecule has 0 aliphatic heterocycles. The van der Waals surface area contributed by atoms with E-state index in [9.17, 15) is 0 Å². The lowest BCUT2D eigenvalue weighted by Crippen LogP contribution is -2.28. The maximum atomic E-state index is 3.56. The van der Waals surface area contributed by atoms with Gasteiger partial charge in [0.1, 0.15) is 0 Å². The smallest absolute Gasteiger partial charge is 0.0793 e. The second kappa shape index (κ2) is 14.1. The average molecular weight is 712 g/mol. The largest absolute Gasteiger partial charge is 0.310 e. The van der Waals surface area contributed by atoms with Gasteiger partial charge in [-0.2, -0.15) is 0 Å². The summed E-state index contributed by atoms with van der Waals surface area (Å²) < 4.78 is 0. The van der Waals surface area contributed by atoms with Crippen LogP contribution in [0.5, 0.6) is 0 Å². The number of fused-ring (bicyclic) bond motifs is 3. The Hall–Kier alpha value is -7.40. The molecule has 56 heavy (non-hydrogen) atoms. The van der Waals surface area contributed by atoms with Gasteiger partial charge in [-0.3, -0.25) is 0 Å². The summed E-state index contributed by atoms with van der Waals surface area (Å²) >= 11 is 0. The van der Waals surface area contributed by atoms with Gasteiger partial charge in [0, 0.05) is 22.6 Å². The Balaban J connectivity index is 1.16. The molecule has 0 radical (unpaired) electrons. The van der Waals surface area contributed by atoms with Crippen LogP contribution in [0.3, 0.4) is 0 Å². The van der Waals surface area contributed by atoms with Crippen molar-refractivity contribution in [2.45, 2.75) is 5.41 Å². The lowest BCUT2D eigenvalue weighted by molar-refractivity contribution is 0.769. The van der Waals surface area contributed by atoms with Crippen molar-refractivity contribution >= 4 is 17.1 Å². The molecule has 0 fully saturated rings. The molecule has 0 saturated carbocycles. The van der Waals surface area contributed by atoms with Crippen molar-refractivity contribution in [3.05, 3.63) is 259 Å². The molecule has 1 unspecified atom stereocenters. The van der Waals surface area contributed by atoms with E-state index in [4.69, 9.17) is 0 Å². The fraction of sp³-hybridized carbons (Fsp3) is 0.0182. The van der Waals surface area contributed by atoms with E-state index in [1.807, 2.05) is 6.07 Å². The summed E-state index contributed by atoms with van der Waals surface area (Å²) in [6.07, 6.45) is 0. The predicted octanol–water partition coefficient (Wildman–Crippen LogP) is 14.1. The van der Waals surface area contributed by atoms with E-state index in [1.165, 1.54) is 61.2 Å². The van der Waals surface area contributed by atoms with Crippen LogP contribution in [0.2, 0.25) is 0 Å². The summed E-state index contributed by atoms with van der Waals surface area (Å²) in [7, 11) is 0. The van der Waals surface area contributed by atoms with Gasteiger partial charge in [-0.05, 0) is 110 Å². The number of hydrogen-bond donors (Lipinski definition) is 0. The Morgan fingerprint density at radius 2 is 0.821 bits per heavy atom. The monoisotopic (exact) mass is 711 g/mol. The van der Waals surface area contributed by atoms with Crippen molar-refractivity contribution < 1.29 is 0 Å². The van der Waals surface area contributed by atoms with Crippen LogP contribution in [0.1, 0.15) is 22.3 Å². The van der Waals surface area contributed by atoms with E-state index in [0.29, 0.717) is 0 Å². The minimum absolute atomic E-state index is 0.575. The Morgan fingerprint density at radius 1 is 0.339 bits per heavy atom. The molecule has 1 heteroatoms. The predicted molar refractivity (Wildman–Crippen MR) is 232 cm³/mol. The quantitative estimate of drug-likeness (QED) is 0.152. The van der Waals surface area contributed by atoms with E-state index in [2.05, 4.69) is 235 Å². The molecule has 0 saturated heterocycles. The second-order valence-electron chi connectivity index (χ2n) is 14.3. The van der Waals surface area contributed by atoms with Crippen LogP contribution >= 0.6 is 0 Å². The molecule has 0 aromatic heterocycles. The SMILES string of the molecule is c1cccc(C2(c3ccccc3)c3ccccc3-c3ccc(N(c4ccc(-c5ccccc5)cc4)c4ccc(-c5ccccc5-c5ccccc5)cc4)cc32)c#1. The van der Waals surface area contributed by atoms with Crippen LogP contribution in [-0.2, 0) is 5.41 Å². The van der Waals surface area contributed by atoms with Gasteiger partial charge in [0.05, 0.1) is 5.41 Å². The molecule has 1 atom stereocenters. The normalized spacial score (nSPS) is 12.3. The first kappa shape index (κ1) is 33.2. The molecule has 0 spiro atoms. The summed E-state index contributed by atoms with van der Waals surface area (Å²) in [5, 5.41) is 0. The molecule has 9 aromatic carbocycles. The fourth-order valence-corrected chi connectivity index (χ4v) is 8.70. The van der Waals surface area contributed by atoms with Crippen molar-refractivity contribution in [3.63, 3.8) is 0 Å². The van der Waals surface area contributed by atoms with Crippen molar-refractivity contribution in [1.29, 1.82) is 0 Å². The Kier molecular flexibility index (Phi) is 8.36. The zero-order valence-corrected chi connectivity index (χ0v) is 30.8. The van der Waals surface area contributed by atoms with E-state index in [1.54, 1.807) is 0 Å². The second-order valence-corrected chi connectivity index (χ2v) is 14.3. The molecule has 0 heterocycles. The number of nitrogens with zero attached hydrogens (tertiary/aromatic N) is 1. The molecule has 0 bridgehead atoms. The van der Waals surface area contributed by atoms with Crippen LogP contribution in [-0.4, -0.2) is 0 Å². The van der Waals surface area contributed by atoms with E-state index in [-0.39, 0.29) is 0 Å². The van der Waals surface area contributed by atoms with Crippen molar-refractivity contribution in [2.75, 3.05) is 4.90 Å². The first-order valence-corrected chi connectivity index (χ1v) is 19.2. The van der Waals surface area contributed by atoms with Crippen molar-refractivity contribution in [1.82, 2.24) is 0 Å². The van der Waals surface area contributed by atoms with E-state index in [0.717, 1.165) is 22.6 Å². The summed E-state index contributed by atoms with van der Waals surface area (Å²) in [5.74, 6) is 0. The lowest BCUT2D eigenvalue weighted by atomic mass is 9.68. The number of rotatable bonds is 8. The van der Waals surface area contributed by atoms with Crippen LogP contribution in [0.25, 0.3) is 44.5 Å². The lowest BCUT2D eigenvalue weighted by Gasteiger charge is -2.33. The third-order valence-corrected chi connectivity index (χ3v) is 11.2. The Bertz CT molecular complexity index is 2710. The summed E-state index contributed by atoms with van der Waals surface area (Å²) in [5.41, 5.74) is 17.1. The fourth-order valence-electron chi connectivity index (χ4n) is 8.70. The third-order valence-electron chi connectivity index (χ3n) is 11.2. The van der Waals surface area contributed by atoms with Gasteiger partial charge in [0.2, 0.25) is 0 Å². The third kappa shape index (κ3) is 5.60. The molecule has 1 nitrogen and oxygen atoms in total. The molecule has 0 amide bonds. The standard InChI is InChI=1S/C55H37N/c1-5-17-40(18-6-1)41-29-33-46(34-30-41)56(47-35-31-43(32-36-47)50-26-14-13-25-49(50)42-19-7-2-8-20-42)48-37-38-52-51-27-15-16-28-53(51)55(54(52)39-48,44-21-9-3-10-22-44)45-23-11-4-12-24-45/h1-11,13-23,25-39H. The molecule has 10 rings (SSSR count). The molecule has 1 aliphatic carbocycles. The minimum Gasteiger partial charge on any atom is -0.310 e. The highest BCUT2D eigenvalue weighted by molar-refractivity contribution is 5.90. The van der Waals surface area contributed by atoms with Gasteiger partial charge in [-0.25, -0.2) is 0 Å². The molecule has 9 aromatic rings. The summed E-state index contributed by atoms with van der Waals surface area (Å²) in [6, 6.07) is 87.7. The van der Waals surface area contributed by atoms with E-state index < -0.39 is 5.41 Å².